The summed E-state index contributed by atoms with van der Waals surface area (Å²) in [6, 6.07) is 5.48. The zero-order valence-corrected chi connectivity index (χ0v) is 18.4. The minimum atomic E-state index is -0.750. The Kier molecular flexibility index (Phi) is 6.29. The molecule has 2 atom stereocenters. The summed E-state index contributed by atoms with van der Waals surface area (Å²) in [5.74, 6) is 0.116. The van der Waals surface area contributed by atoms with Crippen molar-refractivity contribution in [1.82, 2.24) is 29.9 Å². The van der Waals surface area contributed by atoms with E-state index >= 15 is 0 Å². The molecule has 0 amide bonds. The van der Waals surface area contributed by atoms with Crippen LogP contribution in [0.2, 0.25) is 0 Å². The number of rotatable bonds is 9. The van der Waals surface area contributed by atoms with Crippen LogP contribution < -0.4 is 9.47 Å². The van der Waals surface area contributed by atoms with Gasteiger partial charge >= 0.3 is 5.97 Å². The third-order valence-corrected chi connectivity index (χ3v) is 5.83. The summed E-state index contributed by atoms with van der Waals surface area (Å²) >= 11 is 0. The quantitative estimate of drug-likeness (QED) is 0.536. The van der Waals surface area contributed by atoms with E-state index in [-0.39, 0.29) is 18.4 Å². The molecule has 0 unspecified atom stereocenters. The van der Waals surface area contributed by atoms with E-state index in [2.05, 4.69) is 25.3 Å². The summed E-state index contributed by atoms with van der Waals surface area (Å²) in [5.41, 5.74) is 3.65. The number of aromatic nitrogens is 6. The lowest BCUT2D eigenvalue weighted by molar-refractivity contribution is -0.148. The molecule has 10 nitrogen and oxygen atoms in total. The van der Waals surface area contributed by atoms with Crippen LogP contribution in [-0.4, -0.2) is 47.6 Å². The van der Waals surface area contributed by atoms with E-state index in [9.17, 15) is 9.90 Å². The molecule has 168 valence electrons. The van der Waals surface area contributed by atoms with Gasteiger partial charge in [-0.15, -0.1) is 5.10 Å². The maximum absolute atomic E-state index is 11.2. The molecule has 4 rings (SSSR count). The Labute approximate surface area is 185 Å². The molecule has 1 saturated carbocycles. The van der Waals surface area contributed by atoms with Crippen molar-refractivity contribution < 1.29 is 19.4 Å². The van der Waals surface area contributed by atoms with Crippen LogP contribution in [0.4, 0.5) is 0 Å². The van der Waals surface area contributed by atoms with Gasteiger partial charge in [-0.3, -0.25) is 4.79 Å². The van der Waals surface area contributed by atoms with Crippen LogP contribution in [0.1, 0.15) is 36.8 Å². The van der Waals surface area contributed by atoms with E-state index in [0.29, 0.717) is 41.7 Å². The zero-order valence-electron chi connectivity index (χ0n) is 18.4. The third-order valence-electron chi connectivity index (χ3n) is 5.83. The molecule has 32 heavy (non-hydrogen) atoms. The number of carbonyl (C=O) groups is 1. The number of hydrogen-bond acceptors (Lipinski definition) is 8. The summed E-state index contributed by atoms with van der Waals surface area (Å²) in [6.07, 6.45) is 3.87. The molecule has 0 bridgehead atoms. The smallest absolute Gasteiger partial charge is 0.306 e. The van der Waals surface area contributed by atoms with Crippen molar-refractivity contribution in [3.05, 3.63) is 41.6 Å². The maximum atomic E-state index is 11.2. The molecule has 3 aromatic heterocycles. The Morgan fingerprint density at radius 1 is 1.25 bits per heavy atom. The molecule has 0 aromatic carbocycles. The molecule has 10 heteroatoms. The van der Waals surface area contributed by atoms with Gasteiger partial charge in [-0.2, -0.15) is 0 Å². The number of pyridine rings is 1. The second-order valence-electron chi connectivity index (χ2n) is 7.87. The van der Waals surface area contributed by atoms with Crippen LogP contribution >= 0.6 is 0 Å². The molecule has 1 fully saturated rings. The van der Waals surface area contributed by atoms with Crippen LogP contribution in [-0.2, 0) is 24.9 Å². The van der Waals surface area contributed by atoms with Crippen molar-refractivity contribution in [1.29, 1.82) is 0 Å². The van der Waals surface area contributed by atoms with Crippen molar-refractivity contribution in [3.63, 3.8) is 0 Å². The lowest BCUT2D eigenvalue weighted by Gasteiger charge is -2.33. The van der Waals surface area contributed by atoms with Crippen molar-refractivity contribution in [2.45, 2.75) is 39.7 Å². The van der Waals surface area contributed by atoms with Gasteiger partial charge in [-0.25, -0.2) is 19.6 Å². The molecule has 0 spiro atoms. The van der Waals surface area contributed by atoms with Gasteiger partial charge in [0.1, 0.15) is 30.1 Å². The maximum Gasteiger partial charge on any atom is 0.306 e. The van der Waals surface area contributed by atoms with Crippen molar-refractivity contribution in [3.8, 4) is 23.0 Å². The Morgan fingerprint density at radius 2 is 2.09 bits per heavy atom. The lowest BCUT2D eigenvalue weighted by Crippen LogP contribution is -2.36. The fourth-order valence-electron chi connectivity index (χ4n) is 3.65. The molecule has 0 radical (unpaired) electrons. The SMILES string of the molecule is CCc1cc(OCc2c(-c3ccc(OC[C@H]4CC[C@@H]4C(=O)O)c(C)n3)nnn2C)ncn1. The molecular weight excluding hydrogens is 412 g/mol. The van der Waals surface area contributed by atoms with Crippen molar-refractivity contribution in [2.75, 3.05) is 6.61 Å². The van der Waals surface area contributed by atoms with Gasteiger partial charge in [0.15, 0.2) is 0 Å². The normalized spacial score (nSPS) is 17.6. The molecule has 0 aliphatic heterocycles. The zero-order chi connectivity index (χ0) is 22.7. The summed E-state index contributed by atoms with van der Waals surface area (Å²) in [4.78, 5) is 24.2. The topological polar surface area (TPSA) is 125 Å². The predicted octanol–water partition coefficient (Wildman–Crippen LogP) is 2.61. The van der Waals surface area contributed by atoms with E-state index < -0.39 is 5.97 Å². The van der Waals surface area contributed by atoms with Crippen LogP contribution in [0.15, 0.2) is 24.5 Å². The third kappa shape index (κ3) is 4.53. The Bertz CT molecular complexity index is 1120. The average molecular weight is 438 g/mol. The predicted molar refractivity (Wildman–Crippen MR) is 114 cm³/mol. The number of hydrogen-bond donors (Lipinski definition) is 1. The van der Waals surface area contributed by atoms with Gasteiger partial charge in [0.05, 0.1) is 23.9 Å². The van der Waals surface area contributed by atoms with Crippen LogP contribution in [0.5, 0.6) is 11.6 Å². The minimum absolute atomic E-state index is 0.0466. The number of carboxylic acid groups (broad SMARTS) is 1. The summed E-state index contributed by atoms with van der Waals surface area (Å²) < 4.78 is 13.4. The molecule has 3 heterocycles. The van der Waals surface area contributed by atoms with Gasteiger partial charge < -0.3 is 14.6 Å². The molecule has 0 saturated heterocycles. The van der Waals surface area contributed by atoms with Crippen LogP contribution in [0.3, 0.4) is 0 Å². The molecule has 1 aliphatic carbocycles. The van der Waals surface area contributed by atoms with Crippen molar-refractivity contribution >= 4 is 5.97 Å². The van der Waals surface area contributed by atoms with Crippen molar-refractivity contribution in [2.24, 2.45) is 18.9 Å². The highest BCUT2D eigenvalue weighted by atomic mass is 16.5. The Balaban J connectivity index is 1.45. The first-order valence-corrected chi connectivity index (χ1v) is 10.6. The number of ether oxygens (including phenoxy) is 2. The first-order chi connectivity index (χ1) is 15.5. The van der Waals surface area contributed by atoms with E-state index in [1.54, 1.807) is 11.7 Å². The molecule has 3 aromatic rings. The second kappa shape index (κ2) is 9.29. The monoisotopic (exact) mass is 438 g/mol. The number of nitrogens with zero attached hydrogens (tertiary/aromatic N) is 6. The first-order valence-electron chi connectivity index (χ1n) is 10.6. The standard InChI is InChI=1S/C22H26N6O4/c1-4-15-9-20(24-12-23-15)32-11-18-21(26-27-28(18)3)17-7-8-19(13(2)25-17)31-10-14-5-6-16(14)22(29)30/h7-9,12,14,16H,4-6,10-11H2,1-3H3,(H,29,30)/t14-,16+/m1/s1. The Hall–Kier alpha value is -3.56. The molecule has 1 N–H and O–H groups in total. The van der Waals surface area contributed by atoms with Crippen LogP contribution in [0.25, 0.3) is 11.4 Å². The summed E-state index contributed by atoms with van der Waals surface area (Å²) in [5, 5.41) is 17.6. The fraction of sp³-hybridized carbons (Fsp3) is 0.455. The van der Waals surface area contributed by atoms with Gasteiger partial charge in [-0.1, -0.05) is 12.1 Å². The van der Waals surface area contributed by atoms with E-state index in [1.807, 2.05) is 32.0 Å². The second-order valence-corrected chi connectivity index (χ2v) is 7.87. The largest absolute Gasteiger partial charge is 0.491 e. The van der Waals surface area contributed by atoms with Gasteiger partial charge in [0, 0.05) is 24.7 Å². The van der Waals surface area contributed by atoms with Gasteiger partial charge in [0.2, 0.25) is 5.88 Å². The highest BCUT2D eigenvalue weighted by Gasteiger charge is 2.37. The van der Waals surface area contributed by atoms with Gasteiger partial charge in [-0.05, 0) is 38.3 Å². The lowest BCUT2D eigenvalue weighted by atomic mass is 9.74. The first kappa shape index (κ1) is 21.7. The number of aryl methyl sites for hydroxylation is 3. The molecular formula is C22H26N6O4. The number of carboxylic acids is 1. The Morgan fingerprint density at radius 3 is 2.78 bits per heavy atom. The highest BCUT2D eigenvalue weighted by molar-refractivity contribution is 5.71. The fourth-order valence-corrected chi connectivity index (χ4v) is 3.65. The minimum Gasteiger partial charge on any atom is -0.491 e. The van der Waals surface area contributed by atoms with Gasteiger partial charge in [0.25, 0.3) is 0 Å². The highest BCUT2D eigenvalue weighted by Crippen LogP contribution is 2.35. The number of aliphatic carboxylic acids is 1. The summed E-state index contributed by atoms with van der Waals surface area (Å²) in [6.45, 7) is 4.49. The summed E-state index contributed by atoms with van der Waals surface area (Å²) in [7, 11) is 1.80. The molecule has 1 aliphatic rings. The van der Waals surface area contributed by atoms with E-state index in [4.69, 9.17) is 9.47 Å². The van der Waals surface area contributed by atoms with Crippen LogP contribution in [0, 0.1) is 18.8 Å². The average Bonchev–Trinajstić information content (AvgIpc) is 3.12. The van der Waals surface area contributed by atoms with E-state index in [0.717, 1.165) is 24.2 Å². The van der Waals surface area contributed by atoms with E-state index in [1.165, 1.54) is 6.33 Å².